The molecule has 0 unspecified atom stereocenters. The van der Waals surface area contributed by atoms with Crippen LogP contribution in [0.15, 0.2) is 88.9 Å². The van der Waals surface area contributed by atoms with E-state index < -0.39 is 15.9 Å². The predicted molar refractivity (Wildman–Crippen MR) is 127 cm³/mol. The molecule has 1 aliphatic heterocycles. The van der Waals surface area contributed by atoms with E-state index >= 15 is 0 Å². The van der Waals surface area contributed by atoms with E-state index in [4.69, 9.17) is 4.74 Å². The summed E-state index contributed by atoms with van der Waals surface area (Å²) in [4.78, 5) is 12.6. The third-order valence-corrected chi connectivity index (χ3v) is 7.18. The van der Waals surface area contributed by atoms with E-state index in [0.29, 0.717) is 25.4 Å². The van der Waals surface area contributed by atoms with Crippen molar-refractivity contribution in [2.75, 3.05) is 13.1 Å². The third-order valence-electron chi connectivity index (χ3n) is 5.29. The Morgan fingerprint density at radius 3 is 2.52 bits per heavy atom. The lowest BCUT2D eigenvalue weighted by Gasteiger charge is -2.15. The van der Waals surface area contributed by atoms with Gasteiger partial charge in [-0.2, -0.15) is 9.41 Å². The second kappa shape index (κ2) is 10.4. The van der Waals surface area contributed by atoms with E-state index in [1.165, 1.54) is 22.7 Å². The van der Waals surface area contributed by atoms with E-state index in [0.717, 1.165) is 24.0 Å². The number of hydrazone groups is 1. The fourth-order valence-electron chi connectivity index (χ4n) is 3.53. The van der Waals surface area contributed by atoms with Gasteiger partial charge in [0.1, 0.15) is 12.4 Å². The molecule has 1 heterocycles. The van der Waals surface area contributed by atoms with Gasteiger partial charge in [0.2, 0.25) is 10.0 Å². The molecule has 8 heteroatoms. The minimum atomic E-state index is -3.59. The number of nitrogens with zero attached hydrogens (tertiary/aromatic N) is 2. The molecule has 1 amide bonds. The van der Waals surface area contributed by atoms with Crippen molar-refractivity contribution < 1.29 is 17.9 Å². The molecule has 0 saturated carbocycles. The first-order valence-corrected chi connectivity index (χ1v) is 12.2. The maximum absolute atomic E-state index is 12.7. The van der Waals surface area contributed by atoms with Gasteiger partial charge < -0.3 is 4.74 Å². The van der Waals surface area contributed by atoms with Crippen LogP contribution in [0.5, 0.6) is 5.75 Å². The van der Waals surface area contributed by atoms with E-state index in [2.05, 4.69) is 10.5 Å². The van der Waals surface area contributed by atoms with Crippen LogP contribution in [0.1, 0.15) is 34.3 Å². The molecule has 3 aromatic carbocycles. The molecule has 33 heavy (non-hydrogen) atoms. The molecule has 3 aromatic rings. The number of rotatable bonds is 8. The Morgan fingerprint density at radius 2 is 1.73 bits per heavy atom. The predicted octanol–water partition coefficient (Wildman–Crippen LogP) is 3.81. The average Bonchev–Trinajstić information content (AvgIpc) is 3.40. The Kier molecular flexibility index (Phi) is 7.16. The zero-order valence-corrected chi connectivity index (χ0v) is 18.9. The number of nitrogens with one attached hydrogen (secondary N) is 1. The highest BCUT2D eigenvalue weighted by Gasteiger charge is 2.27. The van der Waals surface area contributed by atoms with Gasteiger partial charge in [-0.1, -0.05) is 48.5 Å². The van der Waals surface area contributed by atoms with Crippen molar-refractivity contribution in [3.8, 4) is 5.75 Å². The SMILES string of the molecule is O=C(N/N=C/c1cccc(OCc2ccccc2)c1)c1cccc(S(=O)(=O)N2CCCC2)c1. The van der Waals surface area contributed by atoms with E-state index in [1.54, 1.807) is 12.1 Å². The molecule has 0 radical (unpaired) electrons. The van der Waals surface area contributed by atoms with Gasteiger partial charge >= 0.3 is 0 Å². The number of sulfonamides is 1. The van der Waals surface area contributed by atoms with E-state index in [-0.39, 0.29) is 10.5 Å². The highest BCUT2D eigenvalue weighted by Crippen LogP contribution is 2.21. The number of hydrogen-bond acceptors (Lipinski definition) is 5. The molecule has 170 valence electrons. The van der Waals surface area contributed by atoms with Crippen molar-refractivity contribution in [2.45, 2.75) is 24.3 Å². The summed E-state index contributed by atoms with van der Waals surface area (Å²) in [5.41, 5.74) is 4.51. The number of benzene rings is 3. The van der Waals surface area contributed by atoms with Gasteiger partial charge in [-0.05, 0) is 54.3 Å². The fourth-order valence-corrected chi connectivity index (χ4v) is 5.09. The molecule has 1 saturated heterocycles. The normalized spacial score (nSPS) is 14.4. The average molecular weight is 464 g/mol. The molecule has 0 spiro atoms. The maximum Gasteiger partial charge on any atom is 0.271 e. The molecule has 0 atom stereocenters. The molecule has 1 N–H and O–H groups in total. The Hall–Kier alpha value is -3.49. The van der Waals surface area contributed by atoms with Crippen LogP contribution in [0, 0.1) is 0 Å². The van der Waals surface area contributed by atoms with Gasteiger partial charge in [0.15, 0.2) is 0 Å². The van der Waals surface area contributed by atoms with Crippen LogP contribution < -0.4 is 10.2 Å². The molecule has 7 nitrogen and oxygen atoms in total. The van der Waals surface area contributed by atoms with Crippen molar-refractivity contribution in [1.82, 2.24) is 9.73 Å². The van der Waals surface area contributed by atoms with Crippen LogP contribution in [0.25, 0.3) is 0 Å². The molecule has 0 aliphatic carbocycles. The number of carbonyl (C=O) groups excluding carboxylic acids is 1. The molecular formula is C25H25N3O4S. The van der Waals surface area contributed by atoms with Gasteiger partial charge in [-0.25, -0.2) is 13.8 Å². The minimum absolute atomic E-state index is 0.115. The van der Waals surface area contributed by atoms with Crippen molar-refractivity contribution in [3.63, 3.8) is 0 Å². The Bertz CT molecular complexity index is 1240. The van der Waals surface area contributed by atoms with E-state index in [1.807, 2.05) is 54.6 Å². The molecule has 0 aromatic heterocycles. The van der Waals surface area contributed by atoms with Gasteiger partial charge in [-0.15, -0.1) is 0 Å². The maximum atomic E-state index is 12.7. The Labute approximate surface area is 193 Å². The van der Waals surface area contributed by atoms with Gasteiger partial charge in [0.05, 0.1) is 11.1 Å². The van der Waals surface area contributed by atoms with Crippen molar-refractivity contribution in [3.05, 3.63) is 95.6 Å². The number of hydrogen-bond donors (Lipinski definition) is 1. The smallest absolute Gasteiger partial charge is 0.271 e. The van der Waals surface area contributed by atoms with Crippen LogP contribution in [0.2, 0.25) is 0 Å². The van der Waals surface area contributed by atoms with Crippen LogP contribution in [-0.4, -0.2) is 37.9 Å². The monoisotopic (exact) mass is 463 g/mol. The zero-order valence-electron chi connectivity index (χ0n) is 18.1. The lowest BCUT2D eigenvalue weighted by Crippen LogP contribution is -2.28. The minimum Gasteiger partial charge on any atom is -0.489 e. The number of ether oxygens (including phenoxy) is 1. The summed E-state index contributed by atoms with van der Waals surface area (Å²) in [6, 6.07) is 23.2. The molecular weight excluding hydrogens is 438 g/mol. The van der Waals surface area contributed by atoms with Crippen LogP contribution in [0.4, 0.5) is 0 Å². The number of amides is 1. The lowest BCUT2D eigenvalue weighted by molar-refractivity contribution is 0.0955. The summed E-state index contributed by atoms with van der Waals surface area (Å²) in [7, 11) is -3.59. The first-order chi connectivity index (χ1) is 16.0. The first-order valence-electron chi connectivity index (χ1n) is 10.7. The van der Waals surface area contributed by atoms with Gasteiger partial charge in [0, 0.05) is 18.7 Å². The summed E-state index contributed by atoms with van der Waals surface area (Å²) in [5.74, 6) is 0.204. The molecule has 1 fully saturated rings. The fraction of sp³-hybridized carbons (Fsp3) is 0.200. The second-order valence-corrected chi connectivity index (χ2v) is 9.62. The zero-order chi connectivity index (χ0) is 23.1. The van der Waals surface area contributed by atoms with Crippen molar-refractivity contribution in [2.24, 2.45) is 5.10 Å². The number of carbonyl (C=O) groups is 1. The summed E-state index contributed by atoms with van der Waals surface area (Å²) in [6.45, 7) is 1.48. The Morgan fingerprint density at radius 1 is 0.970 bits per heavy atom. The van der Waals surface area contributed by atoms with Gasteiger partial charge in [0.25, 0.3) is 5.91 Å². The highest BCUT2D eigenvalue weighted by molar-refractivity contribution is 7.89. The quantitative estimate of drug-likeness (QED) is 0.406. The summed E-state index contributed by atoms with van der Waals surface area (Å²) in [5, 5.41) is 4.01. The third kappa shape index (κ3) is 5.85. The van der Waals surface area contributed by atoms with Crippen LogP contribution in [-0.2, 0) is 16.6 Å². The largest absolute Gasteiger partial charge is 0.489 e. The molecule has 0 bridgehead atoms. The first kappa shape index (κ1) is 22.7. The molecule has 1 aliphatic rings. The van der Waals surface area contributed by atoms with E-state index in [9.17, 15) is 13.2 Å². The molecule has 4 rings (SSSR count). The summed E-state index contributed by atoms with van der Waals surface area (Å²) in [6.07, 6.45) is 3.22. The Balaban J connectivity index is 1.37. The van der Waals surface area contributed by atoms with Crippen molar-refractivity contribution in [1.29, 1.82) is 0 Å². The standard InChI is InChI=1S/C25H25N3O4S/c29-25(22-11-7-13-24(17-22)33(30,31)28-14-4-5-15-28)27-26-18-21-10-6-12-23(16-21)32-19-20-8-2-1-3-9-20/h1-3,6-13,16-18H,4-5,14-15,19H2,(H,27,29)/b26-18+. The second-order valence-electron chi connectivity index (χ2n) is 7.68. The van der Waals surface area contributed by atoms with Crippen molar-refractivity contribution >= 4 is 22.1 Å². The lowest BCUT2D eigenvalue weighted by atomic mass is 10.2. The topological polar surface area (TPSA) is 88.1 Å². The van der Waals surface area contributed by atoms with Gasteiger partial charge in [-0.3, -0.25) is 4.79 Å². The summed E-state index contributed by atoms with van der Waals surface area (Å²) >= 11 is 0. The highest BCUT2D eigenvalue weighted by atomic mass is 32.2. The van der Waals surface area contributed by atoms with Crippen LogP contribution >= 0.6 is 0 Å². The summed E-state index contributed by atoms with van der Waals surface area (Å²) < 4.78 is 32.7. The van der Waals surface area contributed by atoms with Crippen LogP contribution in [0.3, 0.4) is 0 Å².